The van der Waals surface area contributed by atoms with Gasteiger partial charge in [0.25, 0.3) is 0 Å². The van der Waals surface area contributed by atoms with Gasteiger partial charge in [-0.05, 0) is 36.4 Å². The quantitative estimate of drug-likeness (QED) is 0.725. The molecule has 2 aromatic rings. The molecular formula is C17H14Cl2O2. The monoisotopic (exact) mass is 320 g/mol. The van der Waals surface area contributed by atoms with Crippen LogP contribution in [0.15, 0.2) is 60.7 Å². The molecule has 2 atom stereocenters. The average molecular weight is 321 g/mol. The maximum Gasteiger partial charge on any atom is 0.138 e. The second-order valence-corrected chi connectivity index (χ2v) is 5.61. The third-order valence-corrected chi connectivity index (χ3v) is 3.86. The number of para-hydroxylation sites is 2. The summed E-state index contributed by atoms with van der Waals surface area (Å²) in [5.41, 5.74) is 0. The van der Waals surface area contributed by atoms with Crippen molar-refractivity contribution in [3.63, 3.8) is 0 Å². The molecule has 0 fully saturated rings. The van der Waals surface area contributed by atoms with Crippen molar-refractivity contribution < 1.29 is 9.47 Å². The number of benzene rings is 2. The third kappa shape index (κ3) is 3.52. The highest BCUT2D eigenvalue weighted by Gasteiger charge is 2.22. The highest BCUT2D eigenvalue weighted by Crippen LogP contribution is 2.30. The van der Waals surface area contributed by atoms with E-state index in [4.69, 9.17) is 32.7 Å². The highest BCUT2D eigenvalue weighted by atomic mass is 35.5. The molecule has 0 heterocycles. The lowest BCUT2D eigenvalue weighted by Crippen LogP contribution is -2.18. The van der Waals surface area contributed by atoms with Crippen molar-refractivity contribution >= 4 is 23.2 Å². The van der Waals surface area contributed by atoms with E-state index < -0.39 is 0 Å². The first-order valence-corrected chi connectivity index (χ1v) is 7.48. The van der Waals surface area contributed by atoms with E-state index in [2.05, 4.69) is 0 Å². The summed E-state index contributed by atoms with van der Waals surface area (Å²) in [5, 5.41) is 1.22. The van der Waals surface area contributed by atoms with Crippen LogP contribution in [0.3, 0.4) is 0 Å². The zero-order valence-electron chi connectivity index (χ0n) is 11.2. The molecule has 1 aliphatic rings. The normalized spacial score (nSPS) is 20.5. The van der Waals surface area contributed by atoms with Gasteiger partial charge in [0.15, 0.2) is 0 Å². The van der Waals surface area contributed by atoms with Gasteiger partial charge in [-0.1, -0.05) is 47.5 Å². The molecule has 0 radical (unpaired) electrons. The molecule has 0 aliphatic heterocycles. The fraction of sp³-hybridized carbons (Fsp3) is 0.176. The van der Waals surface area contributed by atoms with Crippen molar-refractivity contribution in [1.29, 1.82) is 0 Å². The van der Waals surface area contributed by atoms with E-state index in [1.54, 1.807) is 0 Å². The average Bonchev–Trinajstić information content (AvgIpc) is 2.91. The van der Waals surface area contributed by atoms with Crippen LogP contribution in [0.5, 0.6) is 11.5 Å². The van der Waals surface area contributed by atoms with Gasteiger partial charge < -0.3 is 9.47 Å². The van der Waals surface area contributed by atoms with Gasteiger partial charge >= 0.3 is 0 Å². The minimum Gasteiger partial charge on any atom is -0.485 e. The number of ether oxygens (including phenoxy) is 2. The molecular weight excluding hydrogens is 307 g/mol. The first-order chi connectivity index (χ1) is 10.2. The summed E-state index contributed by atoms with van der Waals surface area (Å²) in [6, 6.07) is 14.9. The molecule has 2 nitrogen and oxygen atoms in total. The van der Waals surface area contributed by atoms with Crippen molar-refractivity contribution in [3.05, 3.63) is 70.7 Å². The largest absolute Gasteiger partial charge is 0.485 e. The van der Waals surface area contributed by atoms with Crippen LogP contribution in [0.25, 0.3) is 0 Å². The Morgan fingerprint density at radius 3 is 1.57 bits per heavy atom. The first kappa shape index (κ1) is 14.3. The van der Waals surface area contributed by atoms with Crippen LogP contribution in [-0.4, -0.2) is 12.2 Å². The van der Waals surface area contributed by atoms with Crippen LogP contribution >= 0.6 is 23.2 Å². The van der Waals surface area contributed by atoms with E-state index in [0.717, 1.165) is 6.42 Å². The van der Waals surface area contributed by atoms with E-state index in [1.165, 1.54) is 0 Å². The molecule has 0 N–H and O–H groups in total. The molecule has 2 aromatic carbocycles. The summed E-state index contributed by atoms with van der Waals surface area (Å²) < 4.78 is 11.7. The van der Waals surface area contributed by atoms with Crippen molar-refractivity contribution in [2.75, 3.05) is 0 Å². The second-order valence-electron chi connectivity index (χ2n) is 4.79. The van der Waals surface area contributed by atoms with Crippen LogP contribution in [0.2, 0.25) is 10.0 Å². The molecule has 1 aliphatic carbocycles. The SMILES string of the molecule is Clc1ccccc1O[C@@H]1C=C[C@H](Oc2ccccc2Cl)C1. The minimum absolute atomic E-state index is 0.0441. The van der Waals surface area contributed by atoms with Gasteiger partial charge in [0.1, 0.15) is 23.7 Å². The summed E-state index contributed by atoms with van der Waals surface area (Å²) in [7, 11) is 0. The second kappa shape index (κ2) is 6.42. The molecule has 0 saturated carbocycles. The van der Waals surface area contributed by atoms with E-state index in [-0.39, 0.29) is 12.2 Å². The van der Waals surface area contributed by atoms with E-state index in [9.17, 15) is 0 Å². The standard InChI is InChI=1S/C17H14Cl2O2/c18-14-5-1-3-7-16(14)20-12-9-10-13(11-12)21-17-8-4-2-6-15(17)19/h1-10,12-13H,11H2/t12-,13+. The van der Waals surface area contributed by atoms with Gasteiger partial charge in [0, 0.05) is 6.42 Å². The summed E-state index contributed by atoms with van der Waals surface area (Å²) in [6.45, 7) is 0. The Labute approximate surface area is 133 Å². The van der Waals surface area contributed by atoms with Crippen LogP contribution < -0.4 is 9.47 Å². The van der Waals surface area contributed by atoms with E-state index >= 15 is 0 Å². The van der Waals surface area contributed by atoms with Gasteiger partial charge in [0.05, 0.1) is 10.0 Å². The maximum absolute atomic E-state index is 6.09. The lowest BCUT2D eigenvalue weighted by atomic mass is 10.2. The van der Waals surface area contributed by atoms with Crippen LogP contribution in [0.1, 0.15) is 6.42 Å². The summed E-state index contributed by atoms with van der Waals surface area (Å²) in [4.78, 5) is 0. The summed E-state index contributed by atoms with van der Waals surface area (Å²) >= 11 is 12.2. The van der Waals surface area contributed by atoms with Gasteiger partial charge in [0.2, 0.25) is 0 Å². The Bertz CT molecular complexity index is 599. The zero-order valence-corrected chi connectivity index (χ0v) is 12.7. The molecule has 0 unspecified atom stereocenters. The Morgan fingerprint density at radius 1 is 0.714 bits per heavy atom. The van der Waals surface area contributed by atoms with Crippen molar-refractivity contribution in [1.82, 2.24) is 0 Å². The van der Waals surface area contributed by atoms with Gasteiger partial charge in [-0.2, -0.15) is 0 Å². The molecule has 0 bridgehead atoms. The fourth-order valence-electron chi connectivity index (χ4n) is 2.22. The van der Waals surface area contributed by atoms with Crippen LogP contribution in [0, 0.1) is 0 Å². The van der Waals surface area contributed by atoms with E-state index in [1.807, 2.05) is 60.7 Å². The van der Waals surface area contributed by atoms with Crippen molar-refractivity contribution in [2.24, 2.45) is 0 Å². The fourth-order valence-corrected chi connectivity index (χ4v) is 2.58. The van der Waals surface area contributed by atoms with E-state index in [0.29, 0.717) is 21.5 Å². The molecule has 0 spiro atoms. The third-order valence-electron chi connectivity index (χ3n) is 3.24. The highest BCUT2D eigenvalue weighted by molar-refractivity contribution is 6.32. The number of halogens is 2. The topological polar surface area (TPSA) is 18.5 Å². The minimum atomic E-state index is -0.0441. The van der Waals surface area contributed by atoms with Gasteiger partial charge in [-0.3, -0.25) is 0 Å². The number of hydrogen-bond donors (Lipinski definition) is 0. The van der Waals surface area contributed by atoms with Gasteiger partial charge in [-0.15, -0.1) is 0 Å². The number of hydrogen-bond acceptors (Lipinski definition) is 2. The lowest BCUT2D eigenvalue weighted by Gasteiger charge is -2.17. The molecule has 0 amide bonds. The lowest BCUT2D eigenvalue weighted by molar-refractivity contribution is 0.180. The molecule has 21 heavy (non-hydrogen) atoms. The summed E-state index contributed by atoms with van der Waals surface area (Å²) in [6.07, 6.45) is 4.63. The predicted molar refractivity (Wildman–Crippen MR) is 85.5 cm³/mol. The smallest absolute Gasteiger partial charge is 0.138 e. The molecule has 0 saturated heterocycles. The van der Waals surface area contributed by atoms with Crippen molar-refractivity contribution in [3.8, 4) is 11.5 Å². The molecule has 0 aromatic heterocycles. The molecule has 3 rings (SSSR count). The van der Waals surface area contributed by atoms with Gasteiger partial charge in [-0.25, -0.2) is 0 Å². The Hall–Kier alpha value is -1.64. The summed E-state index contributed by atoms with van der Waals surface area (Å²) in [5.74, 6) is 1.37. The Kier molecular flexibility index (Phi) is 4.37. The van der Waals surface area contributed by atoms with Crippen LogP contribution in [-0.2, 0) is 0 Å². The Morgan fingerprint density at radius 2 is 1.14 bits per heavy atom. The number of rotatable bonds is 4. The Balaban J connectivity index is 1.61. The maximum atomic E-state index is 6.09. The molecule has 4 heteroatoms. The molecule has 108 valence electrons. The van der Waals surface area contributed by atoms with Crippen molar-refractivity contribution in [2.45, 2.75) is 18.6 Å². The predicted octanol–water partition coefficient (Wildman–Crippen LogP) is 5.15. The zero-order chi connectivity index (χ0) is 14.7. The first-order valence-electron chi connectivity index (χ1n) is 6.73. The van der Waals surface area contributed by atoms with Crippen LogP contribution in [0.4, 0.5) is 0 Å².